The second-order valence-electron chi connectivity index (χ2n) is 17.7. The first-order valence-electron chi connectivity index (χ1n) is 27.4. The van der Waals surface area contributed by atoms with Crippen molar-refractivity contribution in [3.63, 3.8) is 0 Å². The number of rotatable bonds is 49. The summed E-state index contributed by atoms with van der Waals surface area (Å²) >= 11 is 0. The van der Waals surface area contributed by atoms with Gasteiger partial charge in [0.25, 0.3) is 0 Å². The number of hydrogen-bond donors (Lipinski definition) is 0. The second-order valence-corrected chi connectivity index (χ2v) is 17.7. The first-order chi connectivity index (χ1) is 32.6. The van der Waals surface area contributed by atoms with E-state index in [-0.39, 0.29) is 25.2 Å². The number of hydrogen-bond acceptors (Lipinski definition) is 5. The Morgan fingerprint density at radius 1 is 0.333 bits per heavy atom. The normalized spacial score (nSPS) is 13.1. The van der Waals surface area contributed by atoms with Gasteiger partial charge in [-0.3, -0.25) is 9.59 Å². The topological polar surface area (TPSA) is 61.8 Å². The second kappa shape index (κ2) is 55.9. The highest BCUT2D eigenvalue weighted by Crippen LogP contribution is 2.15. The Balaban J connectivity index is 4.41. The molecule has 0 aliphatic heterocycles. The van der Waals surface area contributed by atoms with Gasteiger partial charge < -0.3 is 14.2 Å². The molecule has 0 rings (SSSR count). The molecular weight excluding hydrogens is 813 g/mol. The summed E-state index contributed by atoms with van der Waals surface area (Å²) in [5, 5.41) is 0. The number of carbonyl (C=O) groups excluding carboxylic acids is 2. The van der Waals surface area contributed by atoms with E-state index in [2.05, 4.69) is 130 Å². The maximum atomic E-state index is 12.6. The molecule has 0 aromatic rings. The molecule has 0 aromatic carbocycles. The van der Waals surface area contributed by atoms with E-state index in [4.69, 9.17) is 14.2 Å². The smallest absolute Gasteiger partial charge is 0.305 e. The van der Waals surface area contributed by atoms with Crippen LogP contribution in [0.5, 0.6) is 0 Å². The summed E-state index contributed by atoms with van der Waals surface area (Å²) in [6.07, 6.45) is 77.0. The van der Waals surface area contributed by atoms with Crippen LogP contribution in [0, 0.1) is 0 Å². The van der Waals surface area contributed by atoms with E-state index in [1.807, 2.05) is 0 Å². The van der Waals surface area contributed by atoms with Gasteiger partial charge in [-0.15, -0.1) is 0 Å². The van der Waals surface area contributed by atoms with Gasteiger partial charge in [0.2, 0.25) is 0 Å². The van der Waals surface area contributed by atoms with E-state index in [1.165, 1.54) is 89.9 Å². The first kappa shape index (κ1) is 62.6. The third-order valence-electron chi connectivity index (χ3n) is 11.3. The fourth-order valence-electron chi connectivity index (χ4n) is 7.28. The molecule has 0 fully saturated rings. The molecule has 0 unspecified atom stereocenters. The van der Waals surface area contributed by atoms with Crippen molar-refractivity contribution in [3.8, 4) is 0 Å². The van der Waals surface area contributed by atoms with E-state index in [0.717, 1.165) is 116 Å². The highest BCUT2D eigenvalue weighted by molar-refractivity contribution is 5.69. The van der Waals surface area contributed by atoms with E-state index in [0.29, 0.717) is 19.4 Å². The minimum Gasteiger partial charge on any atom is -0.463 e. The van der Waals surface area contributed by atoms with Crippen LogP contribution < -0.4 is 0 Å². The molecular formula is C61H102O5. The molecule has 0 aliphatic rings. The molecule has 5 heteroatoms. The summed E-state index contributed by atoms with van der Waals surface area (Å²) in [7, 11) is 0. The summed E-state index contributed by atoms with van der Waals surface area (Å²) in [6.45, 7) is 7.42. The average molecular weight is 915 g/mol. The molecule has 0 saturated carbocycles. The van der Waals surface area contributed by atoms with Crippen molar-refractivity contribution in [1.29, 1.82) is 0 Å². The molecule has 5 nitrogen and oxygen atoms in total. The summed E-state index contributed by atoms with van der Waals surface area (Å²) in [4.78, 5) is 25.3. The van der Waals surface area contributed by atoms with Gasteiger partial charge in [-0.25, -0.2) is 0 Å². The van der Waals surface area contributed by atoms with Crippen LogP contribution in [0.2, 0.25) is 0 Å². The van der Waals surface area contributed by atoms with E-state index in [1.54, 1.807) is 0 Å². The van der Waals surface area contributed by atoms with Gasteiger partial charge in [-0.1, -0.05) is 239 Å². The number of esters is 2. The van der Waals surface area contributed by atoms with Gasteiger partial charge in [-0.2, -0.15) is 0 Å². The van der Waals surface area contributed by atoms with Crippen LogP contribution in [-0.4, -0.2) is 37.9 Å². The molecule has 376 valence electrons. The Morgan fingerprint density at radius 3 is 1.03 bits per heavy atom. The zero-order valence-electron chi connectivity index (χ0n) is 43.2. The highest BCUT2D eigenvalue weighted by atomic mass is 16.6. The number of unbranched alkanes of at least 4 members (excludes halogenated alkanes) is 20. The zero-order valence-corrected chi connectivity index (χ0v) is 43.2. The van der Waals surface area contributed by atoms with Crippen molar-refractivity contribution in [2.45, 2.75) is 245 Å². The lowest BCUT2D eigenvalue weighted by Crippen LogP contribution is -2.29. The molecule has 0 amide bonds. The van der Waals surface area contributed by atoms with Crippen molar-refractivity contribution in [3.05, 3.63) is 109 Å². The van der Waals surface area contributed by atoms with Crippen LogP contribution in [0.1, 0.15) is 239 Å². The Morgan fingerprint density at radius 2 is 0.636 bits per heavy atom. The van der Waals surface area contributed by atoms with E-state index in [9.17, 15) is 9.59 Å². The van der Waals surface area contributed by atoms with Gasteiger partial charge >= 0.3 is 11.9 Å². The molecule has 0 heterocycles. The fraction of sp³-hybridized carbons (Fsp3) is 0.672. The van der Waals surface area contributed by atoms with Gasteiger partial charge in [0, 0.05) is 19.4 Å². The molecule has 0 saturated heterocycles. The Labute approximate surface area is 408 Å². The number of ether oxygens (including phenoxy) is 3. The largest absolute Gasteiger partial charge is 0.463 e. The summed E-state index contributed by atoms with van der Waals surface area (Å²) in [5.74, 6) is -0.427. The van der Waals surface area contributed by atoms with Crippen molar-refractivity contribution in [1.82, 2.24) is 0 Å². The molecule has 0 aromatic heterocycles. The maximum Gasteiger partial charge on any atom is 0.305 e. The minimum absolute atomic E-state index is 0.115. The summed E-state index contributed by atoms with van der Waals surface area (Å²) < 4.78 is 17.4. The standard InChI is InChI=1S/C61H102O5/c1-4-7-10-13-16-19-22-25-28-31-33-36-39-42-45-48-51-54-60(62)65-57-59(64-56-53-50-47-44-41-38-35-30-27-24-21-18-15-12-9-6-3)58-66-61(63)55-52-49-46-43-40-37-34-32-29-26-23-20-17-14-11-8-5-2/h7-8,10-11,16-17,19-20,25-26,28-29,33-34,36-37,42,45,59H,4-6,9,12-15,18,21-24,27,30-32,35,38-41,43-44,46-58H2,1-3H3/b10-7-,11-8-,19-16-,20-17-,28-25-,29-26-,36-33-,37-34-,45-42-/t59-/m1/s1. The highest BCUT2D eigenvalue weighted by Gasteiger charge is 2.16. The van der Waals surface area contributed by atoms with Crippen molar-refractivity contribution in [2.24, 2.45) is 0 Å². The predicted molar refractivity (Wildman–Crippen MR) is 288 cm³/mol. The van der Waals surface area contributed by atoms with Crippen LogP contribution in [0.4, 0.5) is 0 Å². The average Bonchev–Trinajstić information content (AvgIpc) is 3.32. The number of allylic oxidation sites excluding steroid dienone is 18. The SMILES string of the molecule is CC/C=C\C/C=C\C/C=C\C/C=C\C/C=C\CCCC(=O)OC[C@H](COC(=O)CCCCCC/C=C\C/C=C\C/C=C\C/C=C\CC)OCCCCCCCCCCCCCCCCCC. The van der Waals surface area contributed by atoms with E-state index >= 15 is 0 Å². The van der Waals surface area contributed by atoms with Gasteiger partial charge in [0.1, 0.15) is 19.3 Å². The van der Waals surface area contributed by atoms with Crippen molar-refractivity contribution in [2.75, 3.05) is 19.8 Å². The lowest BCUT2D eigenvalue weighted by Gasteiger charge is -2.18. The fourth-order valence-corrected chi connectivity index (χ4v) is 7.28. The first-order valence-corrected chi connectivity index (χ1v) is 27.4. The molecule has 0 bridgehead atoms. The lowest BCUT2D eigenvalue weighted by molar-refractivity contribution is -0.155. The molecule has 0 spiro atoms. The van der Waals surface area contributed by atoms with Crippen LogP contribution >= 0.6 is 0 Å². The predicted octanol–water partition coefficient (Wildman–Crippen LogP) is 18.8. The zero-order chi connectivity index (χ0) is 47.7. The van der Waals surface area contributed by atoms with Gasteiger partial charge in [0.15, 0.2) is 0 Å². The molecule has 0 N–H and O–H groups in total. The summed E-state index contributed by atoms with van der Waals surface area (Å²) in [5.41, 5.74) is 0. The monoisotopic (exact) mass is 915 g/mol. The van der Waals surface area contributed by atoms with E-state index < -0.39 is 6.10 Å². The quantitative estimate of drug-likeness (QED) is 0.0346. The third-order valence-corrected chi connectivity index (χ3v) is 11.3. The Hall–Kier alpha value is -3.44. The minimum atomic E-state index is -0.439. The Bertz CT molecular complexity index is 1310. The summed E-state index contributed by atoms with van der Waals surface area (Å²) in [6, 6.07) is 0. The third kappa shape index (κ3) is 53.2. The van der Waals surface area contributed by atoms with Crippen LogP contribution in [0.15, 0.2) is 109 Å². The van der Waals surface area contributed by atoms with Crippen molar-refractivity contribution >= 4 is 11.9 Å². The molecule has 1 atom stereocenters. The number of carbonyl (C=O) groups is 2. The van der Waals surface area contributed by atoms with Crippen LogP contribution in [0.3, 0.4) is 0 Å². The van der Waals surface area contributed by atoms with Crippen molar-refractivity contribution < 1.29 is 23.8 Å². The van der Waals surface area contributed by atoms with Crippen LogP contribution in [-0.2, 0) is 23.8 Å². The Kier molecular flexibility index (Phi) is 53.0. The molecule has 0 radical (unpaired) electrons. The molecule has 66 heavy (non-hydrogen) atoms. The van der Waals surface area contributed by atoms with Crippen LogP contribution in [0.25, 0.3) is 0 Å². The van der Waals surface area contributed by atoms with Gasteiger partial charge in [0.05, 0.1) is 0 Å². The lowest BCUT2D eigenvalue weighted by atomic mass is 10.0. The van der Waals surface area contributed by atoms with Gasteiger partial charge in [-0.05, 0) is 96.3 Å². The molecule has 0 aliphatic carbocycles. The maximum absolute atomic E-state index is 12.6.